The van der Waals surface area contributed by atoms with Crippen molar-refractivity contribution in [2.75, 3.05) is 4.90 Å². The summed E-state index contributed by atoms with van der Waals surface area (Å²) < 4.78 is 0. The first kappa shape index (κ1) is 14.0. The van der Waals surface area contributed by atoms with Crippen LogP contribution >= 0.6 is 0 Å². The van der Waals surface area contributed by atoms with Gasteiger partial charge in [0, 0.05) is 28.7 Å². The van der Waals surface area contributed by atoms with Gasteiger partial charge < -0.3 is 10.0 Å². The zero-order valence-corrected chi connectivity index (χ0v) is 12.2. The van der Waals surface area contributed by atoms with Crippen LogP contribution in [0.5, 0.6) is 5.75 Å². The molecular formula is C20H17NO. The number of phenols is 1. The highest BCUT2D eigenvalue weighted by atomic mass is 16.3. The molecule has 0 unspecified atom stereocenters. The summed E-state index contributed by atoms with van der Waals surface area (Å²) in [5.74, 6) is 0.226. The minimum Gasteiger partial charge on any atom is -0.507 e. The maximum Gasteiger partial charge on any atom is 0.124 e. The van der Waals surface area contributed by atoms with E-state index in [1.165, 1.54) is 0 Å². The van der Waals surface area contributed by atoms with Crippen molar-refractivity contribution in [2.24, 2.45) is 0 Å². The highest BCUT2D eigenvalue weighted by molar-refractivity contribution is 5.78. The topological polar surface area (TPSA) is 23.5 Å². The van der Waals surface area contributed by atoms with E-state index in [0.717, 1.165) is 22.6 Å². The van der Waals surface area contributed by atoms with E-state index in [9.17, 15) is 5.11 Å². The third kappa shape index (κ3) is 2.72. The maximum atomic E-state index is 10.1. The van der Waals surface area contributed by atoms with Crippen molar-refractivity contribution >= 4 is 23.1 Å². The summed E-state index contributed by atoms with van der Waals surface area (Å²) in [5, 5.41) is 10.1. The Hall–Kier alpha value is -3.00. The van der Waals surface area contributed by atoms with Gasteiger partial charge in [0.15, 0.2) is 0 Å². The number of para-hydroxylation sites is 2. The fraction of sp³-hybridized carbons (Fsp3) is 0. The predicted molar refractivity (Wildman–Crippen MR) is 92.9 cm³/mol. The number of phenolic OH excluding ortho intramolecular Hbond substituents is 1. The summed E-state index contributed by atoms with van der Waals surface area (Å²) in [7, 11) is 0. The monoisotopic (exact) mass is 287 g/mol. The van der Waals surface area contributed by atoms with Crippen molar-refractivity contribution in [2.45, 2.75) is 0 Å². The average molecular weight is 287 g/mol. The Morgan fingerprint density at radius 3 is 1.73 bits per heavy atom. The Labute approximate surface area is 130 Å². The molecule has 0 aliphatic carbocycles. The van der Waals surface area contributed by atoms with Crippen molar-refractivity contribution in [1.29, 1.82) is 0 Å². The van der Waals surface area contributed by atoms with Crippen LogP contribution in [-0.2, 0) is 0 Å². The standard InChI is InChI=1S/C20H17NO/c1-2-16-13-14-19(15-20(16)22)21(17-9-5-3-6-10-17)18-11-7-4-8-12-18/h2-15,22H,1H2. The summed E-state index contributed by atoms with van der Waals surface area (Å²) >= 11 is 0. The quantitative estimate of drug-likeness (QED) is 0.684. The van der Waals surface area contributed by atoms with Crippen LogP contribution in [0.4, 0.5) is 17.1 Å². The number of nitrogens with zero attached hydrogens (tertiary/aromatic N) is 1. The molecule has 0 amide bonds. The van der Waals surface area contributed by atoms with Crippen LogP contribution in [0, 0.1) is 0 Å². The lowest BCUT2D eigenvalue weighted by molar-refractivity contribution is 0.474. The maximum absolute atomic E-state index is 10.1. The molecule has 0 atom stereocenters. The first-order valence-corrected chi connectivity index (χ1v) is 7.15. The third-order valence-electron chi connectivity index (χ3n) is 3.52. The van der Waals surface area contributed by atoms with Crippen LogP contribution in [0.1, 0.15) is 5.56 Å². The molecule has 108 valence electrons. The van der Waals surface area contributed by atoms with E-state index in [1.807, 2.05) is 72.8 Å². The van der Waals surface area contributed by atoms with Gasteiger partial charge in [-0.05, 0) is 36.4 Å². The molecule has 0 spiro atoms. The molecule has 3 aromatic rings. The molecule has 0 aliphatic rings. The lowest BCUT2D eigenvalue weighted by Gasteiger charge is -2.25. The predicted octanol–water partition coefficient (Wildman–Crippen LogP) is 5.51. The minimum atomic E-state index is 0.226. The first-order chi connectivity index (χ1) is 10.8. The van der Waals surface area contributed by atoms with Crippen LogP contribution in [0.3, 0.4) is 0 Å². The van der Waals surface area contributed by atoms with Gasteiger partial charge in [-0.1, -0.05) is 49.1 Å². The molecule has 0 radical (unpaired) electrons. The molecular weight excluding hydrogens is 270 g/mol. The van der Waals surface area contributed by atoms with Gasteiger partial charge in [0.05, 0.1) is 0 Å². The Bertz CT molecular complexity index is 727. The van der Waals surface area contributed by atoms with Gasteiger partial charge in [-0.15, -0.1) is 0 Å². The van der Waals surface area contributed by atoms with Gasteiger partial charge in [-0.3, -0.25) is 0 Å². The van der Waals surface area contributed by atoms with Crippen LogP contribution in [0.25, 0.3) is 6.08 Å². The smallest absolute Gasteiger partial charge is 0.124 e. The Morgan fingerprint density at radius 2 is 1.27 bits per heavy atom. The number of anilines is 3. The third-order valence-corrected chi connectivity index (χ3v) is 3.52. The minimum absolute atomic E-state index is 0.226. The van der Waals surface area contributed by atoms with Crippen molar-refractivity contribution < 1.29 is 5.11 Å². The van der Waals surface area contributed by atoms with Gasteiger partial charge in [-0.2, -0.15) is 0 Å². The molecule has 0 heterocycles. The number of aromatic hydroxyl groups is 1. The molecule has 2 nitrogen and oxygen atoms in total. The van der Waals surface area contributed by atoms with Gasteiger partial charge in [-0.25, -0.2) is 0 Å². The normalized spacial score (nSPS) is 10.2. The van der Waals surface area contributed by atoms with Gasteiger partial charge in [0.25, 0.3) is 0 Å². The number of benzene rings is 3. The van der Waals surface area contributed by atoms with E-state index in [-0.39, 0.29) is 5.75 Å². The van der Waals surface area contributed by atoms with Gasteiger partial charge >= 0.3 is 0 Å². The lowest BCUT2D eigenvalue weighted by Crippen LogP contribution is -2.09. The average Bonchev–Trinajstić information content (AvgIpc) is 2.57. The molecule has 1 N–H and O–H groups in total. The lowest BCUT2D eigenvalue weighted by atomic mass is 10.1. The fourth-order valence-corrected chi connectivity index (χ4v) is 2.45. The first-order valence-electron chi connectivity index (χ1n) is 7.15. The van der Waals surface area contributed by atoms with E-state index in [2.05, 4.69) is 11.5 Å². The summed E-state index contributed by atoms with van der Waals surface area (Å²) in [6, 6.07) is 25.8. The zero-order chi connectivity index (χ0) is 15.4. The van der Waals surface area contributed by atoms with E-state index in [1.54, 1.807) is 12.1 Å². The van der Waals surface area contributed by atoms with Crippen LogP contribution < -0.4 is 4.90 Å². The molecule has 0 aromatic heterocycles. The van der Waals surface area contributed by atoms with Crippen molar-refractivity contribution in [3.63, 3.8) is 0 Å². The molecule has 0 aliphatic heterocycles. The Morgan fingerprint density at radius 1 is 0.727 bits per heavy atom. The molecule has 22 heavy (non-hydrogen) atoms. The molecule has 0 bridgehead atoms. The van der Waals surface area contributed by atoms with E-state index in [4.69, 9.17) is 0 Å². The van der Waals surface area contributed by atoms with E-state index < -0.39 is 0 Å². The van der Waals surface area contributed by atoms with Crippen molar-refractivity contribution in [1.82, 2.24) is 0 Å². The summed E-state index contributed by atoms with van der Waals surface area (Å²) in [6.45, 7) is 3.71. The van der Waals surface area contributed by atoms with Gasteiger partial charge in [0.2, 0.25) is 0 Å². The molecule has 2 heteroatoms. The Balaban J connectivity index is 2.14. The zero-order valence-electron chi connectivity index (χ0n) is 12.2. The molecule has 3 aromatic carbocycles. The van der Waals surface area contributed by atoms with Crippen molar-refractivity contribution in [3.8, 4) is 5.75 Å². The number of hydrogen-bond acceptors (Lipinski definition) is 2. The van der Waals surface area contributed by atoms with Crippen molar-refractivity contribution in [3.05, 3.63) is 91.0 Å². The van der Waals surface area contributed by atoms with E-state index in [0.29, 0.717) is 0 Å². The summed E-state index contributed by atoms with van der Waals surface area (Å²) in [4.78, 5) is 2.10. The van der Waals surface area contributed by atoms with Crippen LogP contribution in [0.2, 0.25) is 0 Å². The highest BCUT2D eigenvalue weighted by Gasteiger charge is 2.12. The molecule has 0 saturated carbocycles. The summed E-state index contributed by atoms with van der Waals surface area (Å²) in [6.07, 6.45) is 1.65. The van der Waals surface area contributed by atoms with Crippen LogP contribution in [0.15, 0.2) is 85.4 Å². The molecule has 0 fully saturated rings. The SMILES string of the molecule is C=Cc1ccc(N(c2ccccc2)c2ccccc2)cc1O. The van der Waals surface area contributed by atoms with E-state index >= 15 is 0 Å². The second-order valence-corrected chi connectivity index (χ2v) is 4.95. The fourth-order valence-electron chi connectivity index (χ4n) is 2.45. The number of rotatable bonds is 4. The van der Waals surface area contributed by atoms with Crippen LogP contribution in [-0.4, -0.2) is 5.11 Å². The number of hydrogen-bond donors (Lipinski definition) is 1. The second-order valence-electron chi connectivity index (χ2n) is 4.95. The van der Waals surface area contributed by atoms with Gasteiger partial charge in [0.1, 0.15) is 5.75 Å². The molecule has 3 rings (SSSR count). The molecule has 0 saturated heterocycles. The largest absolute Gasteiger partial charge is 0.507 e. The highest BCUT2D eigenvalue weighted by Crippen LogP contribution is 2.36. The second kappa shape index (κ2) is 6.19. The Kier molecular flexibility index (Phi) is 3.92. The summed E-state index contributed by atoms with van der Waals surface area (Å²) in [5.41, 5.74) is 3.71.